The smallest absolute Gasteiger partial charge is 0.223 e. The maximum atomic E-state index is 12.4. The molecule has 0 aliphatic heterocycles. The lowest BCUT2D eigenvalue weighted by atomic mass is 10.1. The molecule has 0 atom stereocenters. The zero-order valence-electron chi connectivity index (χ0n) is 13.8. The summed E-state index contributed by atoms with van der Waals surface area (Å²) in [6, 6.07) is 15.5. The summed E-state index contributed by atoms with van der Waals surface area (Å²) in [5.74, 6) is 0.967. The first-order chi connectivity index (χ1) is 11.1. The second-order valence-electron chi connectivity index (χ2n) is 5.45. The molecule has 0 saturated heterocycles. The number of ether oxygens (including phenoxy) is 1. The number of anilines is 1. The van der Waals surface area contributed by atoms with Crippen LogP contribution >= 0.6 is 0 Å². The van der Waals surface area contributed by atoms with Gasteiger partial charge in [-0.3, -0.25) is 4.79 Å². The van der Waals surface area contributed by atoms with Gasteiger partial charge < -0.3 is 15.4 Å². The van der Waals surface area contributed by atoms with Crippen molar-refractivity contribution in [1.29, 1.82) is 0 Å². The number of nitrogens with zero attached hydrogens (tertiary/aromatic N) is 1. The van der Waals surface area contributed by atoms with Gasteiger partial charge >= 0.3 is 0 Å². The number of benzene rings is 2. The SMILES string of the molecule is CCN(Cc1ccc(OC)cc1)C(=O)CCc1ccccc1N. The van der Waals surface area contributed by atoms with Gasteiger partial charge in [-0.1, -0.05) is 30.3 Å². The maximum Gasteiger partial charge on any atom is 0.223 e. The lowest BCUT2D eigenvalue weighted by Gasteiger charge is -2.21. The van der Waals surface area contributed by atoms with Crippen molar-refractivity contribution in [3.63, 3.8) is 0 Å². The van der Waals surface area contributed by atoms with Gasteiger partial charge in [0.05, 0.1) is 7.11 Å². The summed E-state index contributed by atoms with van der Waals surface area (Å²) in [7, 11) is 1.65. The fourth-order valence-corrected chi connectivity index (χ4v) is 2.49. The summed E-state index contributed by atoms with van der Waals surface area (Å²) in [4.78, 5) is 14.3. The van der Waals surface area contributed by atoms with Crippen LogP contribution in [0.3, 0.4) is 0 Å². The number of carbonyl (C=O) groups excluding carboxylic acids is 1. The van der Waals surface area contributed by atoms with Crippen molar-refractivity contribution in [2.24, 2.45) is 0 Å². The van der Waals surface area contributed by atoms with E-state index in [1.54, 1.807) is 7.11 Å². The molecule has 0 heterocycles. The van der Waals surface area contributed by atoms with Crippen LogP contribution in [0.25, 0.3) is 0 Å². The van der Waals surface area contributed by atoms with Gasteiger partial charge in [0.25, 0.3) is 0 Å². The number of nitrogen functional groups attached to an aromatic ring is 1. The molecule has 4 heteroatoms. The zero-order chi connectivity index (χ0) is 16.7. The van der Waals surface area contributed by atoms with E-state index in [4.69, 9.17) is 10.5 Å². The van der Waals surface area contributed by atoms with E-state index >= 15 is 0 Å². The molecule has 0 bridgehead atoms. The van der Waals surface area contributed by atoms with Gasteiger partial charge in [0.1, 0.15) is 5.75 Å². The third-order valence-corrected chi connectivity index (χ3v) is 3.93. The normalized spacial score (nSPS) is 10.3. The molecule has 0 aliphatic rings. The molecule has 2 aromatic carbocycles. The van der Waals surface area contributed by atoms with E-state index in [0.29, 0.717) is 25.9 Å². The minimum absolute atomic E-state index is 0.145. The van der Waals surface area contributed by atoms with Gasteiger partial charge in [0, 0.05) is 25.2 Å². The van der Waals surface area contributed by atoms with Crippen molar-refractivity contribution in [1.82, 2.24) is 4.90 Å². The van der Waals surface area contributed by atoms with Crippen molar-refractivity contribution >= 4 is 11.6 Å². The highest BCUT2D eigenvalue weighted by Gasteiger charge is 2.13. The molecule has 23 heavy (non-hydrogen) atoms. The fraction of sp³-hybridized carbons (Fsp3) is 0.316. The molecule has 4 nitrogen and oxygen atoms in total. The van der Waals surface area contributed by atoms with Crippen molar-refractivity contribution in [3.05, 3.63) is 59.7 Å². The van der Waals surface area contributed by atoms with Gasteiger partial charge in [0.15, 0.2) is 0 Å². The lowest BCUT2D eigenvalue weighted by Crippen LogP contribution is -2.30. The lowest BCUT2D eigenvalue weighted by molar-refractivity contribution is -0.131. The Bertz CT molecular complexity index is 638. The number of para-hydroxylation sites is 1. The first-order valence-corrected chi connectivity index (χ1v) is 7.88. The van der Waals surface area contributed by atoms with Crippen LogP contribution in [-0.2, 0) is 17.8 Å². The molecule has 2 aromatic rings. The first kappa shape index (κ1) is 16.9. The molecule has 122 valence electrons. The number of carbonyl (C=O) groups is 1. The molecule has 0 unspecified atom stereocenters. The topological polar surface area (TPSA) is 55.6 Å². The van der Waals surface area contributed by atoms with Gasteiger partial charge in [-0.25, -0.2) is 0 Å². The molecule has 0 aromatic heterocycles. The molecule has 0 radical (unpaired) electrons. The Labute approximate surface area is 137 Å². The zero-order valence-corrected chi connectivity index (χ0v) is 13.8. The second kappa shape index (κ2) is 8.22. The number of rotatable bonds is 7. The van der Waals surface area contributed by atoms with Gasteiger partial charge in [-0.05, 0) is 42.7 Å². The Morgan fingerprint density at radius 2 is 1.83 bits per heavy atom. The van der Waals surface area contributed by atoms with Crippen molar-refractivity contribution in [2.45, 2.75) is 26.3 Å². The van der Waals surface area contributed by atoms with E-state index in [-0.39, 0.29) is 5.91 Å². The van der Waals surface area contributed by atoms with E-state index in [0.717, 1.165) is 22.6 Å². The summed E-state index contributed by atoms with van der Waals surface area (Å²) in [6.07, 6.45) is 1.14. The molecule has 0 spiro atoms. The Balaban J connectivity index is 1.94. The second-order valence-corrected chi connectivity index (χ2v) is 5.45. The molecule has 0 aliphatic carbocycles. The van der Waals surface area contributed by atoms with E-state index in [2.05, 4.69) is 0 Å². The highest BCUT2D eigenvalue weighted by atomic mass is 16.5. The van der Waals surface area contributed by atoms with Crippen molar-refractivity contribution in [3.8, 4) is 5.75 Å². The summed E-state index contributed by atoms with van der Waals surface area (Å²) < 4.78 is 5.15. The monoisotopic (exact) mass is 312 g/mol. The minimum Gasteiger partial charge on any atom is -0.497 e. The van der Waals surface area contributed by atoms with Gasteiger partial charge in [-0.15, -0.1) is 0 Å². The van der Waals surface area contributed by atoms with E-state index in [1.807, 2.05) is 60.4 Å². The Kier molecular flexibility index (Phi) is 6.03. The highest BCUT2D eigenvalue weighted by molar-refractivity contribution is 5.76. The van der Waals surface area contributed by atoms with Gasteiger partial charge in [0.2, 0.25) is 5.91 Å². The number of nitrogens with two attached hydrogens (primary N) is 1. The third-order valence-electron chi connectivity index (χ3n) is 3.93. The number of hydrogen-bond donors (Lipinski definition) is 1. The number of methoxy groups -OCH3 is 1. The largest absolute Gasteiger partial charge is 0.497 e. The van der Waals surface area contributed by atoms with Crippen LogP contribution in [0.5, 0.6) is 5.75 Å². The highest BCUT2D eigenvalue weighted by Crippen LogP contribution is 2.16. The van der Waals surface area contributed by atoms with Crippen molar-refractivity contribution < 1.29 is 9.53 Å². The molecule has 2 N–H and O–H groups in total. The van der Waals surface area contributed by atoms with E-state index in [9.17, 15) is 4.79 Å². The average molecular weight is 312 g/mol. The fourth-order valence-electron chi connectivity index (χ4n) is 2.49. The Morgan fingerprint density at radius 3 is 2.43 bits per heavy atom. The molecule has 2 rings (SSSR count). The molecule has 0 fully saturated rings. The first-order valence-electron chi connectivity index (χ1n) is 7.88. The van der Waals surface area contributed by atoms with E-state index in [1.165, 1.54) is 0 Å². The number of aryl methyl sites for hydroxylation is 1. The summed E-state index contributed by atoms with van der Waals surface area (Å²) >= 11 is 0. The molecular weight excluding hydrogens is 288 g/mol. The summed E-state index contributed by atoms with van der Waals surface area (Å²) in [5.41, 5.74) is 8.80. The number of amides is 1. The molecular formula is C19H24N2O2. The van der Waals surface area contributed by atoms with Crippen LogP contribution in [0.1, 0.15) is 24.5 Å². The minimum atomic E-state index is 0.145. The summed E-state index contributed by atoms with van der Waals surface area (Å²) in [5, 5.41) is 0. The quantitative estimate of drug-likeness (QED) is 0.798. The van der Waals surface area contributed by atoms with Crippen molar-refractivity contribution in [2.75, 3.05) is 19.4 Å². The maximum absolute atomic E-state index is 12.4. The van der Waals surface area contributed by atoms with Gasteiger partial charge in [-0.2, -0.15) is 0 Å². The van der Waals surface area contributed by atoms with Crippen LogP contribution in [0.15, 0.2) is 48.5 Å². The third kappa shape index (κ3) is 4.74. The predicted octanol–water partition coefficient (Wildman–Crippen LogP) is 3.26. The van der Waals surface area contributed by atoms with Crippen LogP contribution < -0.4 is 10.5 Å². The average Bonchev–Trinajstić information content (AvgIpc) is 2.59. The van der Waals surface area contributed by atoms with Crippen LogP contribution in [-0.4, -0.2) is 24.5 Å². The predicted molar refractivity (Wildman–Crippen MR) is 93.3 cm³/mol. The Morgan fingerprint density at radius 1 is 1.13 bits per heavy atom. The summed E-state index contributed by atoms with van der Waals surface area (Å²) in [6.45, 7) is 3.30. The van der Waals surface area contributed by atoms with Crippen LogP contribution in [0, 0.1) is 0 Å². The van der Waals surface area contributed by atoms with Crippen LogP contribution in [0.4, 0.5) is 5.69 Å². The van der Waals surface area contributed by atoms with Crippen LogP contribution in [0.2, 0.25) is 0 Å². The molecule has 0 saturated carbocycles. The standard InChI is InChI=1S/C19H24N2O2/c1-3-21(14-15-8-11-17(23-2)12-9-15)19(22)13-10-16-6-4-5-7-18(16)20/h4-9,11-12H,3,10,13-14,20H2,1-2H3. The molecule has 1 amide bonds. The Hall–Kier alpha value is -2.49. The number of hydrogen-bond acceptors (Lipinski definition) is 3. The van der Waals surface area contributed by atoms with E-state index < -0.39 is 0 Å².